The summed E-state index contributed by atoms with van der Waals surface area (Å²) in [6.45, 7) is 0. The Balaban J connectivity index is 2.44. The van der Waals surface area contributed by atoms with Gasteiger partial charge in [-0.05, 0) is 31.0 Å². The van der Waals surface area contributed by atoms with Crippen LogP contribution in [0.2, 0.25) is 0 Å². The molecule has 3 heteroatoms. The standard InChI is InChI=1S/C10H12BrNO/c1-13-10(4-5-10)8-6-7(11)2-3-9(8)12/h2-3,6H,4-5,12H2,1H3. The summed E-state index contributed by atoms with van der Waals surface area (Å²) < 4.78 is 6.53. The molecule has 1 aromatic rings. The second-order valence-corrected chi connectivity index (χ2v) is 4.35. The Kier molecular flexibility index (Phi) is 2.08. The molecule has 70 valence electrons. The van der Waals surface area contributed by atoms with Gasteiger partial charge in [0.25, 0.3) is 0 Å². The quantitative estimate of drug-likeness (QED) is 0.809. The van der Waals surface area contributed by atoms with Crippen molar-refractivity contribution < 1.29 is 4.74 Å². The average molecular weight is 242 g/mol. The third kappa shape index (κ3) is 1.46. The van der Waals surface area contributed by atoms with Crippen LogP contribution in [0.15, 0.2) is 22.7 Å². The number of halogens is 1. The number of hydrogen-bond acceptors (Lipinski definition) is 2. The molecule has 1 saturated carbocycles. The minimum Gasteiger partial charge on any atom is -0.398 e. The van der Waals surface area contributed by atoms with Crippen molar-refractivity contribution in [3.05, 3.63) is 28.2 Å². The number of methoxy groups -OCH3 is 1. The van der Waals surface area contributed by atoms with Gasteiger partial charge in [0.1, 0.15) is 0 Å². The van der Waals surface area contributed by atoms with Crippen molar-refractivity contribution in [2.45, 2.75) is 18.4 Å². The van der Waals surface area contributed by atoms with Crippen molar-refractivity contribution in [2.24, 2.45) is 0 Å². The number of nitrogens with two attached hydrogens (primary N) is 1. The van der Waals surface area contributed by atoms with Crippen LogP contribution in [0, 0.1) is 0 Å². The van der Waals surface area contributed by atoms with Crippen LogP contribution in [0.25, 0.3) is 0 Å². The van der Waals surface area contributed by atoms with Crippen LogP contribution in [0.3, 0.4) is 0 Å². The molecule has 0 unspecified atom stereocenters. The fraction of sp³-hybridized carbons (Fsp3) is 0.400. The summed E-state index contributed by atoms with van der Waals surface area (Å²) in [5.74, 6) is 0. The summed E-state index contributed by atoms with van der Waals surface area (Å²) in [7, 11) is 1.74. The fourth-order valence-electron chi connectivity index (χ4n) is 1.62. The number of nitrogen functional groups attached to an aromatic ring is 1. The summed E-state index contributed by atoms with van der Waals surface area (Å²) in [6, 6.07) is 5.91. The predicted molar refractivity (Wildman–Crippen MR) is 56.5 cm³/mol. The number of ether oxygens (including phenoxy) is 1. The van der Waals surface area contributed by atoms with Gasteiger partial charge in [-0.15, -0.1) is 0 Å². The van der Waals surface area contributed by atoms with Gasteiger partial charge in [0.05, 0.1) is 5.60 Å². The third-order valence-electron chi connectivity index (χ3n) is 2.60. The fourth-order valence-corrected chi connectivity index (χ4v) is 1.98. The molecule has 0 amide bonds. The molecule has 0 heterocycles. The van der Waals surface area contributed by atoms with Gasteiger partial charge in [-0.25, -0.2) is 0 Å². The van der Waals surface area contributed by atoms with E-state index in [-0.39, 0.29) is 5.60 Å². The third-order valence-corrected chi connectivity index (χ3v) is 3.09. The summed E-state index contributed by atoms with van der Waals surface area (Å²) in [6.07, 6.45) is 2.15. The molecule has 0 aliphatic heterocycles. The molecule has 1 aliphatic carbocycles. The Hall–Kier alpha value is -0.540. The van der Waals surface area contributed by atoms with Crippen molar-refractivity contribution >= 4 is 21.6 Å². The molecule has 0 spiro atoms. The van der Waals surface area contributed by atoms with E-state index in [0.29, 0.717) is 0 Å². The Morgan fingerprint density at radius 3 is 2.69 bits per heavy atom. The van der Waals surface area contributed by atoms with E-state index in [0.717, 1.165) is 28.6 Å². The van der Waals surface area contributed by atoms with Crippen LogP contribution in [-0.2, 0) is 10.3 Å². The first kappa shape index (κ1) is 9.03. The Morgan fingerprint density at radius 1 is 1.46 bits per heavy atom. The van der Waals surface area contributed by atoms with E-state index >= 15 is 0 Å². The Labute approximate surface area is 86.2 Å². The lowest BCUT2D eigenvalue weighted by molar-refractivity contribution is 0.0795. The highest BCUT2D eigenvalue weighted by molar-refractivity contribution is 9.10. The smallest absolute Gasteiger partial charge is 0.0950 e. The highest BCUT2D eigenvalue weighted by Gasteiger charge is 2.46. The molecule has 1 aromatic carbocycles. The second kappa shape index (κ2) is 3.00. The second-order valence-electron chi connectivity index (χ2n) is 3.43. The van der Waals surface area contributed by atoms with Crippen molar-refractivity contribution in [1.29, 1.82) is 0 Å². The maximum absolute atomic E-state index is 5.89. The Morgan fingerprint density at radius 2 is 2.15 bits per heavy atom. The maximum atomic E-state index is 5.89. The first-order valence-corrected chi connectivity index (χ1v) is 5.08. The van der Waals surface area contributed by atoms with Gasteiger partial charge in [0.2, 0.25) is 0 Å². The zero-order chi connectivity index (χ0) is 9.47. The monoisotopic (exact) mass is 241 g/mol. The molecule has 0 saturated heterocycles. The number of anilines is 1. The van der Waals surface area contributed by atoms with Crippen LogP contribution in [0.5, 0.6) is 0 Å². The number of benzene rings is 1. The molecular formula is C10H12BrNO. The highest BCUT2D eigenvalue weighted by atomic mass is 79.9. The lowest BCUT2D eigenvalue weighted by Gasteiger charge is -2.16. The van der Waals surface area contributed by atoms with Crippen LogP contribution in [-0.4, -0.2) is 7.11 Å². The zero-order valence-electron chi connectivity index (χ0n) is 7.51. The summed E-state index contributed by atoms with van der Waals surface area (Å²) in [5.41, 5.74) is 7.74. The molecule has 0 bridgehead atoms. The predicted octanol–water partition coefficient (Wildman–Crippen LogP) is 2.67. The number of rotatable bonds is 2. The van der Waals surface area contributed by atoms with Crippen molar-refractivity contribution in [3.63, 3.8) is 0 Å². The topological polar surface area (TPSA) is 35.2 Å². The van der Waals surface area contributed by atoms with E-state index in [9.17, 15) is 0 Å². The van der Waals surface area contributed by atoms with Gasteiger partial charge in [0, 0.05) is 22.8 Å². The molecule has 2 rings (SSSR count). The largest absolute Gasteiger partial charge is 0.398 e. The van der Waals surface area contributed by atoms with E-state index in [4.69, 9.17) is 10.5 Å². The molecule has 2 nitrogen and oxygen atoms in total. The van der Waals surface area contributed by atoms with Gasteiger partial charge in [0.15, 0.2) is 0 Å². The van der Waals surface area contributed by atoms with Gasteiger partial charge >= 0.3 is 0 Å². The van der Waals surface area contributed by atoms with Crippen LogP contribution in [0.1, 0.15) is 18.4 Å². The zero-order valence-corrected chi connectivity index (χ0v) is 9.10. The SMILES string of the molecule is COC1(c2cc(Br)ccc2N)CC1. The minimum atomic E-state index is -0.0894. The molecule has 1 fully saturated rings. The molecule has 1 aliphatic rings. The molecular weight excluding hydrogens is 230 g/mol. The van der Waals surface area contributed by atoms with E-state index in [1.165, 1.54) is 0 Å². The first-order chi connectivity index (χ1) is 6.18. The van der Waals surface area contributed by atoms with Crippen LogP contribution in [0.4, 0.5) is 5.69 Å². The molecule has 13 heavy (non-hydrogen) atoms. The highest BCUT2D eigenvalue weighted by Crippen LogP contribution is 2.51. The normalized spacial score (nSPS) is 18.6. The van der Waals surface area contributed by atoms with Gasteiger partial charge < -0.3 is 10.5 Å². The molecule has 0 atom stereocenters. The number of hydrogen-bond donors (Lipinski definition) is 1. The van der Waals surface area contributed by atoms with E-state index < -0.39 is 0 Å². The van der Waals surface area contributed by atoms with Gasteiger partial charge in [-0.1, -0.05) is 15.9 Å². The van der Waals surface area contributed by atoms with Gasteiger partial charge in [-0.3, -0.25) is 0 Å². The molecule has 0 aromatic heterocycles. The van der Waals surface area contributed by atoms with Crippen molar-refractivity contribution in [3.8, 4) is 0 Å². The summed E-state index contributed by atoms with van der Waals surface area (Å²) in [5, 5.41) is 0. The van der Waals surface area contributed by atoms with E-state index in [1.807, 2.05) is 18.2 Å². The minimum absolute atomic E-state index is 0.0894. The average Bonchev–Trinajstić information content (AvgIpc) is 2.90. The van der Waals surface area contributed by atoms with Gasteiger partial charge in [-0.2, -0.15) is 0 Å². The van der Waals surface area contributed by atoms with Crippen molar-refractivity contribution in [1.82, 2.24) is 0 Å². The Bertz CT molecular complexity index is 334. The maximum Gasteiger partial charge on any atom is 0.0950 e. The van der Waals surface area contributed by atoms with Crippen molar-refractivity contribution in [2.75, 3.05) is 12.8 Å². The first-order valence-electron chi connectivity index (χ1n) is 4.29. The summed E-state index contributed by atoms with van der Waals surface area (Å²) >= 11 is 3.43. The van der Waals surface area contributed by atoms with Crippen LogP contribution >= 0.6 is 15.9 Å². The van der Waals surface area contributed by atoms with Crippen LogP contribution < -0.4 is 5.73 Å². The molecule has 0 radical (unpaired) electrons. The summed E-state index contributed by atoms with van der Waals surface area (Å²) in [4.78, 5) is 0. The molecule has 2 N–H and O–H groups in total. The lowest BCUT2D eigenvalue weighted by Crippen LogP contribution is -2.11. The lowest BCUT2D eigenvalue weighted by atomic mass is 10.1. The van der Waals surface area contributed by atoms with E-state index in [1.54, 1.807) is 7.11 Å². The van der Waals surface area contributed by atoms with E-state index in [2.05, 4.69) is 15.9 Å².